The number of nitrogen functional groups attached to an aromatic ring is 1. The zero-order chi connectivity index (χ0) is 10.3. The van der Waals surface area contributed by atoms with Crippen molar-refractivity contribution in [2.24, 2.45) is 0 Å². The highest BCUT2D eigenvalue weighted by Crippen LogP contribution is 2.29. The molecular weight excluding hydrogens is 184 g/mol. The van der Waals surface area contributed by atoms with Crippen LogP contribution in [0.4, 0.5) is 5.69 Å². The van der Waals surface area contributed by atoms with Gasteiger partial charge in [-0.25, -0.2) is 0 Å². The molecule has 0 aliphatic rings. The standard InChI is InChI=1S/C13H10N2/c14-13-11-4-2-1-3-9(11)7-10-8-15-6-5-12(10)13/h1-8H,14H2. The van der Waals surface area contributed by atoms with Gasteiger partial charge in [-0.15, -0.1) is 0 Å². The summed E-state index contributed by atoms with van der Waals surface area (Å²) in [5, 5.41) is 4.43. The van der Waals surface area contributed by atoms with Crippen LogP contribution < -0.4 is 5.73 Å². The molecule has 15 heavy (non-hydrogen) atoms. The van der Waals surface area contributed by atoms with Gasteiger partial charge in [0.15, 0.2) is 0 Å². The van der Waals surface area contributed by atoms with Gasteiger partial charge in [0, 0.05) is 34.2 Å². The second-order valence-corrected chi connectivity index (χ2v) is 3.61. The van der Waals surface area contributed by atoms with Gasteiger partial charge >= 0.3 is 0 Å². The maximum atomic E-state index is 6.13. The first-order valence-electron chi connectivity index (χ1n) is 4.87. The van der Waals surface area contributed by atoms with Crippen LogP contribution in [0.25, 0.3) is 21.5 Å². The lowest BCUT2D eigenvalue weighted by Crippen LogP contribution is -1.89. The van der Waals surface area contributed by atoms with E-state index in [1.54, 1.807) is 6.20 Å². The van der Waals surface area contributed by atoms with Crippen LogP contribution in [0.1, 0.15) is 0 Å². The highest BCUT2D eigenvalue weighted by molar-refractivity contribution is 6.09. The Bertz CT molecular complexity index is 590. The van der Waals surface area contributed by atoms with Crippen molar-refractivity contribution < 1.29 is 0 Å². The fraction of sp³-hybridized carbons (Fsp3) is 0. The van der Waals surface area contributed by atoms with Gasteiger partial charge in [-0.05, 0) is 17.5 Å². The minimum Gasteiger partial charge on any atom is -0.398 e. The average Bonchev–Trinajstić information content (AvgIpc) is 2.30. The number of nitrogens with two attached hydrogens (primary N) is 1. The van der Waals surface area contributed by atoms with E-state index < -0.39 is 0 Å². The molecule has 1 heterocycles. The van der Waals surface area contributed by atoms with Crippen molar-refractivity contribution in [2.45, 2.75) is 0 Å². The fourth-order valence-electron chi connectivity index (χ4n) is 1.95. The summed E-state index contributed by atoms with van der Waals surface area (Å²) >= 11 is 0. The topological polar surface area (TPSA) is 38.9 Å². The van der Waals surface area contributed by atoms with E-state index in [-0.39, 0.29) is 0 Å². The summed E-state index contributed by atoms with van der Waals surface area (Å²) in [4.78, 5) is 4.11. The van der Waals surface area contributed by atoms with E-state index in [0.29, 0.717) is 0 Å². The molecule has 0 radical (unpaired) electrons. The zero-order valence-corrected chi connectivity index (χ0v) is 8.14. The number of aromatic nitrogens is 1. The van der Waals surface area contributed by atoms with E-state index >= 15 is 0 Å². The Morgan fingerprint density at radius 2 is 1.73 bits per heavy atom. The van der Waals surface area contributed by atoms with Gasteiger partial charge in [-0.3, -0.25) is 4.98 Å². The first kappa shape index (κ1) is 8.24. The largest absolute Gasteiger partial charge is 0.398 e. The van der Waals surface area contributed by atoms with Gasteiger partial charge < -0.3 is 5.73 Å². The second-order valence-electron chi connectivity index (χ2n) is 3.61. The SMILES string of the molecule is Nc1c2ccccc2cc2cnccc12. The van der Waals surface area contributed by atoms with Gasteiger partial charge in [-0.2, -0.15) is 0 Å². The normalized spacial score (nSPS) is 10.9. The molecule has 2 nitrogen and oxygen atoms in total. The molecule has 0 unspecified atom stereocenters. The first-order valence-corrected chi connectivity index (χ1v) is 4.87. The minimum atomic E-state index is 0.838. The molecule has 1 aromatic heterocycles. The Kier molecular flexibility index (Phi) is 1.62. The zero-order valence-electron chi connectivity index (χ0n) is 8.14. The maximum Gasteiger partial charge on any atom is 0.0474 e. The molecule has 0 amide bonds. The van der Waals surface area contributed by atoms with Crippen molar-refractivity contribution in [3.63, 3.8) is 0 Å². The van der Waals surface area contributed by atoms with Gasteiger partial charge in [-0.1, -0.05) is 24.3 Å². The van der Waals surface area contributed by atoms with E-state index in [9.17, 15) is 0 Å². The molecular formula is C13H10N2. The van der Waals surface area contributed by atoms with Crippen molar-refractivity contribution in [3.8, 4) is 0 Å². The lowest BCUT2D eigenvalue weighted by atomic mass is 10.0. The van der Waals surface area contributed by atoms with E-state index in [1.807, 2.05) is 30.5 Å². The van der Waals surface area contributed by atoms with Crippen molar-refractivity contribution in [2.75, 3.05) is 5.73 Å². The Labute approximate surface area is 87.4 Å². The van der Waals surface area contributed by atoms with Crippen LogP contribution in [-0.2, 0) is 0 Å². The summed E-state index contributed by atoms with van der Waals surface area (Å²) in [5.41, 5.74) is 6.97. The summed E-state index contributed by atoms with van der Waals surface area (Å²) in [7, 11) is 0. The number of hydrogen-bond acceptors (Lipinski definition) is 2. The van der Waals surface area contributed by atoms with Crippen molar-refractivity contribution in [1.82, 2.24) is 4.98 Å². The molecule has 0 saturated heterocycles. The summed E-state index contributed by atoms with van der Waals surface area (Å²) in [6.07, 6.45) is 3.62. The molecule has 0 fully saturated rings. The lowest BCUT2D eigenvalue weighted by molar-refractivity contribution is 1.37. The third kappa shape index (κ3) is 1.15. The van der Waals surface area contributed by atoms with Gasteiger partial charge in [0.1, 0.15) is 0 Å². The van der Waals surface area contributed by atoms with E-state index in [2.05, 4.69) is 17.1 Å². The van der Waals surface area contributed by atoms with Gasteiger partial charge in [0.05, 0.1) is 0 Å². The maximum absolute atomic E-state index is 6.13. The van der Waals surface area contributed by atoms with Crippen molar-refractivity contribution in [3.05, 3.63) is 48.8 Å². The number of nitrogens with zero attached hydrogens (tertiary/aromatic N) is 1. The number of benzene rings is 2. The molecule has 0 atom stereocenters. The third-order valence-electron chi connectivity index (χ3n) is 2.70. The average molecular weight is 194 g/mol. The molecule has 0 bridgehead atoms. The van der Waals surface area contributed by atoms with Crippen molar-refractivity contribution in [1.29, 1.82) is 0 Å². The Balaban J connectivity index is 2.60. The smallest absolute Gasteiger partial charge is 0.0474 e. The minimum absolute atomic E-state index is 0.838. The van der Waals surface area contributed by atoms with E-state index in [1.165, 1.54) is 0 Å². The Morgan fingerprint density at radius 3 is 2.67 bits per heavy atom. The summed E-state index contributed by atoms with van der Waals surface area (Å²) in [6, 6.07) is 12.2. The molecule has 0 aliphatic carbocycles. The number of rotatable bonds is 0. The van der Waals surface area contributed by atoms with Gasteiger partial charge in [0.2, 0.25) is 0 Å². The quantitative estimate of drug-likeness (QED) is 0.441. The van der Waals surface area contributed by atoms with Crippen LogP contribution in [0.15, 0.2) is 48.8 Å². The van der Waals surface area contributed by atoms with Crippen molar-refractivity contribution >= 4 is 27.2 Å². The molecule has 3 rings (SSSR count). The predicted molar refractivity (Wildman–Crippen MR) is 63.7 cm³/mol. The first-order chi connectivity index (χ1) is 7.36. The van der Waals surface area contributed by atoms with Crippen LogP contribution in [0, 0.1) is 0 Å². The third-order valence-corrected chi connectivity index (χ3v) is 2.70. The van der Waals surface area contributed by atoms with Crippen LogP contribution in [0.3, 0.4) is 0 Å². The van der Waals surface area contributed by atoms with Crippen LogP contribution >= 0.6 is 0 Å². The van der Waals surface area contributed by atoms with Gasteiger partial charge in [0.25, 0.3) is 0 Å². The second kappa shape index (κ2) is 2.95. The molecule has 72 valence electrons. The Hall–Kier alpha value is -2.09. The lowest BCUT2D eigenvalue weighted by Gasteiger charge is -2.06. The number of anilines is 1. The summed E-state index contributed by atoms with van der Waals surface area (Å²) < 4.78 is 0. The summed E-state index contributed by atoms with van der Waals surface area (Å²) in [6.45, 7) is 0. The number of fused-ring (bicyclic) bond motifs is 2. The molecule has 3 aromatic rings. The Morgan fingerprint density at radius 1 is 0.933 bits per heavy atom. The van der Waals surface area contributed by atoms with Crippen LogP contribution in [-0.4, -0.2) is 4.98 Å². The molecule has 2 aromatic carbocycles. The number of pyridine rings is 1. The molecule has 0 saturated carbocycles. The molecule has 2 heteroatoms. The fourth-order valence-corrected chi connectivity index (χ4v) is 1.95. The highest BCUT2D eigenvalue weighted by Gasteiger charge is 2.02. The predicted octanol–water partition coefficient (Wildman–Crippen LogP) is 2.97. The number of hydrogen-bond donors (Lipinski definition) is 1. The molecule has 0 spiro atoms. The molecule has 0 aliphatic heterocycles. The molecule has 2 N–H and O–H groups in total. The van der Waals surface area contributed by atoms with Crippen LogP contribution in [0.5, 0.6) is 0 Å². The monoisotopic (exact) mass is 194 g/mol. The highest BCUT2D eigenvalue weighted by atomic mass is 14.6. The summed E-state index contributed by atoms with van der Waals surface area (Å²) in [5.74, 6) is 0. The van der Waals surface area contributed by atoms with E-state index in [0.717, 1.165) is 27.2 Å². The van der Waals surface area contributed by atoms with E-state index in [4.69, 9.17) is 5.73 Å². The van der Waals surface area contributed by atoms with Crippen LogP contribution in [0.2, 0.25) is 0 Å².